The third kappa shape index (κ3) is 3.93. The fraction of sp³-hybridized carbons (Fsp3) is 0.529. The fourth-order valence-electron chi connectivity index (χ4n) is 3.17. The van der Waals surface area contributed by atoms with E-state index in [1.54, 1.807) is 17.7 Å². The summed E-state index contributed by atoms with van der Waals surface area (Å²) in [4.78, 5) is 23.9. The van der Waals surface area contributed by atoms with Crippen LogP contribution in [0.5, 0.6) is 0 Å². The van der Waals surface area contributed by atoms with Gasteiger partial charge in [0, 0.05) is 30.6 Å². The lowest BCUT2D eigenvalue weighted by atomic mass is 10.1. The maximum absolute atomic E-state index is 12.1. The van der Waals surface area contributed by atoms with Crippen LogP contribution < -0.4 is 16.0 Å². The molecule has 0 bridgehead atoms. The van der Waals surface area contributed by atoms with Crippen LogP contribution in [0.4, 0.5) is 5.82 Å². The Balaban J connectivity index is 1.66. The molecule has 3 rings (SSSR count). The van der Waals surface area contributed by atoms with E-state index in [0.29, 0.717) is 30.8 Å². The van der Waals surface area contributed by atoms with Gasteiger partial charge in [0.25, 0.3) is 0 Å². The van der Waals surface area contributed by atoms with Crippen molar-refractivity contribution >= 4 is 17.6 Å². The minimum atomic E-state index is -0.370. The van der Waals surface area contributed by atoms with Gasteiger partial charge in [-0.3, -0.25) is 14.9 Å². The molecule has 2 aromatic heterocycles. The van der Waals surface area contributed by atoms with Crippen LogP contribution in [0.25, 0.3) is 0 Å². The fourth-order valence-corrected chi connectivity index (χ4v) is 3.17. The van der Waals surface area contributed by atoms with E-state index in [-0.39, 0.29) is 24.1 Å². The van der Waals surface area contributed by atoms with E-state index in [0.717, 1.165) is 17.0 Å². The number of amides is 2. The first-order valence-corrected chi connectivity index (χ1v) is 8.66. The number of aromatic nitrogens is 3. The van der Waals surface area contributed by atoms with Gasteiger partial charge in [-0.05, 0) is 39.7 Å². The van der Waals surface area contributed by atoms with Crippen LogP contribution in [0.1, 0.15) is 48.8 Å². The van der Waals surface area contributed by atoms with E-state index in [2.05, 4.69) is 26.2 Å². The van der Waals surface area contributed by atoms with Crippen LogP contribution >= 0.6 is 0 Å². The summed E-state index contributed by atoms with van der Waals surface area (Å²) in [5, 5.41) is 17.2. The highest BCUT2D eigenvalue weighted by Gasteiger charge is 2.27. The molecular formula is C17H24N6O3. The first-order chi connectivity index (χ1) is 12.3. The Labute approximate surface area is 151 Å². The molecule has 0 aliphatic carbocycles. The smallest absolute Gasteiger partial charge is 0.225 e. The van der Waals surface area contributed by atoms with Crippen molar-refractivity contribution in [3.05, 3.63) is 28.8 Å². The zero-order valence-corrected chi connectivity index (χ0v) is 15.4. The first kappa shape index (κ1) is 18.1. The summed E-state index contributed by atoms with van der Waals surface area (Å²) in [5.41, 5.74) is 2.78. The summed E-state index contributed by atoms with van der Waals surface area (Å²) in [6.45, 7) is 7.59. The lowest BCUT2D eigenvalue weighted by Gasteiger charge is -2.30. The molecule has 2 unspecified atom stereocenters. The molecule has 9 heteroatoms. The van der Waals surface area contributed by atoms with Gasteiger partial charge in [-0.1, -0.05) is 5.16 Å². The molecule has 1 saturated heterocycles. The molecule has 140 valence electrons. The van der Waals surface area contributed by atoms with Crippen molar-refractivity contribution in [2.75, 3.05) is 5.32 Å². The summed E-state index contributed by atoms with van der Waals surface area (Å²) < 4.78 is 6.71. The molecule has 1 fully saturated rings. The SMILES string of the molecule is Cc1cc(NC(=O)CCc2c(C)nn(C3NC(=O)CC(C)N3)c2C)no1. The van der Waals surface area contributed by atoms with Crippen LogP contribution in [0.15, 0.2) is 10.6 Å². The highest BCUT2D eigenvalue weighted by molar-refractivity contribution is 5.89. The van der Waals surface area contributed by atoms with Gasteiger partial charge < -0.3 is 15.2 Å². The van der Waals surface area contributed by atoms with Crippen molar-refractivity contribution in [3.8, 4) is 0 Å². The molecule has 1 aliphatic heterocycles. The van der Waals surface area contributed by atoms with Crippen molar-refractivity contribution in [3.63, 3.8) is 0 Å². The third-order valence-electron chi connectivity index (χ3n) is 4.45. The number of anilines is 1. The minimum absolute atomic E-state index is 0.00219. The quantitative estimate of drug-likeness (QED) is 0.741. The summed E-state index contributed by atoms with van der Waals surface area (Å²) in [6.07, 6.45) is 0.937. The highest BCUT2D eigenvalue weighted by atomic mass is 16.5. The lowest BCUT2D eigenvalue weighted by molar-refractivity contribution is -0.125. The van der Waals surface area contributed by atoms with Crippen molar-refractivity contribution in [1.82, 2.24) is 25.6 Å². The van der Waals surface area contributed by atoms with Gasteiger partial charge in [-0.25, -0.2) is 4.68 Å². The number of carbonyl (C=O) groups is 2. The van der Waals surface area contributed by atoms with Gasteiger partial charge in [0.15, 0.2) is 12.1 Å². The standard InChI is InChI=1S/C17H24N6O3/c1-9-7-16(25)20-17(18-9)23-12(4)13(11(3)21-23)5-6-15(24)19-14-8-10(2)26-22-14/h8-9,17-18H,5-7H2,1-4H3,(H,20,25)(H,19,22,24). The van der Waals surface area contributed by atoms with Gasteiger partial charge in [0.1, 0.15) is 5.76 Å². The summed E-state index contributed by atoms with van der Waals surface area (Å²) in [5.74, 6) is 0.921. The zero-order valence-electron chi connectivity index (χ0n) is 15.4. The molecule has 3 N–H and O–H groups in total. The number of nitrogens with one attached hydrogen (secondary N) is 3. The van der Waals surface area contributed by atoms with Crippen molar-refractivity contribution in [1.29, 1.82) is 0 Å². The maximum atomic E-state index is 12.1. The second kappa shape index (κ2) is 7.28. The van der Waals surface area contributed by atoms with Crippen LogP contribution in [-0.4, -0.2) is 32.8 Å². The minimum Gasteiger partial charge on any atom is -0.360 e. The van der Waals surface area contributed by atoms with E-state index in [1.165, 1.54) is 0 Å². The Bertz CT molecular complexity index is 825. The Morgan fingerprint density at radius 2 is 2.19 bits per heavy atom. The highest BCUT2D eigenvalue weighted by Crippen LogP contribution is 2.19. The zero-order chi connectivity index (χ0) is 18.8. The average molecular weight is 360 g/mol. The largest absolute Gasteiger partial charge is 0.360 e. The number of nitrogens with zero attached hydrogens (tertiary/aromatic N) is 3. The van der Waals surface area contributed by atoms with Gasteiger partial charge in [0.05, 0.1) is 5.69 Å². The molecule has 2 aromatic rings. The van der Waals surface area contributed by atoms with Crippen molar-refractivity contribution in [2.24, 2.45) is 0 Å². The Hall–Kier alpha value is -2.68. The number of carbonyl (C=O) groups excluding carboxylic acids is 2. The number of rotatable bonds is 5. The summed E-state index contributed by atoms with van der Waals surface area (Å²) in [7, 11) is 0. The first-order valence-electron chi connectivity index (χ1n) is 8.66. The molecule has 2 amide bonds. The van der Waals surface area contributed by atoms with E-state index in [1.807, 2.05) is 20.8 Å². The van der Waals surface area contributed by atoms with E-state index in [4.69, 9.17) is 4.52 Å². The molecular weight excluding hydrogens is 336 g/mol. The van der Waals surface area contributed by atoms with E-state index in [9.17, 15) is 9.59 Å². The average Bonchev–Trinajstić information content (AvgIpc) is 3.08. The Morgan fingerprint density at radius 3 is 2.85 bits per heavy atom. The monoisotopic (exact) mass is 360 g/mol. The second-order valence-electron chi connectivity index (χ2n) is 6.71. The van der Waals surface area contributed by atoms with Gasteiger partial charge >= 0.3 is 0 Å². The molecule has 1 aliphatic rings. The topological polar surface area (TPSA) is 114 Å². The van der Waals surface area contributed by atoms with Crippen molar-refractivity contribution in [2.45, 2.75) is 59.3 Å². The molecule has 0 spiro atoms. The molecule has 0 radical (unpaired) electrons. The number of hydrogen-bond donors (Lipinski definition) is 3. The molecule has 26 heavy (non-hydrogen) atoms. The van der Waals surface area contributed by atoms with Crippen LogP contribution in [-0.2, 0) is 16.0 Å². The normalized spacial score (nSPS) is 20.1. The van der Waals surface area contributed by atoms with Gasteiger partial charge in [-0.2, -0.15) is 5.10 Å². The molecule has 9 nitrogen and oxygen atoms in total. The summed E-state index contributed by atoms with van der Waals surface area (Å²) >= 11 is 0. The molecule has 3 heterocycles. The van der Waals surface area contributed by atoms with Crippen molar-refractivity contribution < 1.29 is 14.1 Å². The van der Waals surface area contributed by atoms with E-state index < -0.39 is 0 Å². The second-order valence-corrected chi connectivity index (χ2v) is 6.71. The number of aryl methyl sites for hydroxylation is 2. The van der Waals surface area contributed by atoms with Crippen LogP contribution in [0.3, 0.4) is 0 Å². The molecule has 2 atom stereocenters. The van der Waals surface area contributed by atoms with E-state index >= 15 is 0 Å². The maximum Gasteiger partial charge on any atom is 0.225 e. The van der Waals surface area contributed by atoms with Crippen LogP contribution in [0, 0.1) is 20.8 Å². The predicted molar refractivity (Wildman–Crippen MR) is 94.3 cm³/mol. The Kier molecular flexibility index (Phi) is 5.08. The van der Waals surface area contributed by atoms with Gasteiger partial charge in [0.2, 0.25) is 11.8 Å². The molecule has 0 aromatic carbocycles. The van der Waals surface area contributed by atoms with Crippen LogP contribution in [0.2, 0.25) is 0 Å². The molecule has 0 saturated carbocycles. The number of hydrogen-bond acceptors (Lipinski definition) is 6. The van der Waals surface area contributed by atoms with Gasteiger partial charge in [-0.15, -0.1) is 0 Å². The predicted octanol–water partition coefficient (Wildman–Crippen LogP) is 1.32. The Morgan fingerprint density at radius 1 is 1.42 bits per heavy atom. The third-order valence-corrected chi connectivity index (χ3v) is 4.45. The lowest BCUT2D eigenvalue weighted by Crippen LogP contribution is -2.52. The summed E-state index contributed by atoms with van der Waals surface area (Å²) in [6, 6.07) is 1.75.